The molecule has 0 fully saturated rings. The van der Waals surface area contributed by atoms with Gasteiger partial charge in [0.1, 0.15) is 0 Å². The molecule has 0 spiro atoms. The molecule has 0 saturated carbocycles. The number of carbonyl (C=O) groups is 1. The summed E-state index contributed by atoms with van der Waals surface area (Å²) in [6, 6.07) is 0. The molecule has 1 aromatic heterocycles. The number of carboxylic acids is 1. The number of aromatic carboxylic acids is 1. The van der Waals surface area contributed by atoms with E-state index >= 15 is 0 Å². The fraction of sp³-hybridized carbons (Fsp3) is 0.500. The Morgan fingerprint density at radius 3 is 2.87 bits per heavy atom. The molecule has 4 nitrogen and oxygen atoms in total. The van der Waals surface area contributed by atoms with Crippen molar-refractivity contribution in [3.05, 3.63) is 11.9 Å². The molecule has 0 aliphatic carbocycles. The molecule has 0 bridgehead atoms. The van der Waals surface area contributed by atoms with E-state index < -0.39 is 5.97 Å². The molecule has 0 saturated heterocycles. The zero-order valence-electron chi connectivity index (χ0n) is 9.02. The van der Waals surface area contributed by atoms with Crippen LogP contribution in [0.15, 0.2) is 11.1 Å². The number of hydrogen-bond donors (Lipinski definition) is 1. The van der Waals surface area contributed by atoms with Crippen molar-refractivity contribution < 1.29 is 9.90 Å². The van der Waals surface area contributed by atoms with E-state index in [0.29, 0.717) is 10.9 Å². The first kappa shape index (κ1) is 10.4. The van der Waals surface area contributed by atoms with E-state index in [1.165, 1.54) is 0 Å². The second-order valence-electron chi connectivity index (χ2n) is 3.92. The predicted molar refractivity (Wildman–Crippen MR) is 61.0 cm³/mol. The number of hydrogen-bond acceptors (Lipinski definition) is 3. The maximum atomic E-state index is 11.1. The van der Waals surface area contributed by atoms with Crippen molar-refractivity contribution in [2.75, 3.05) is 18.5 Å². The summed E-state index contributed by atoms with van der Waals surface area (Å²) in [5.74, 6) is -0.860. The lowest BCUT2D eigenvalue weighted by Crippen LogP contribution is -2.30. The van der Waals surface area contributed by atoms with Crippen LogP contribution in [-0.2, 0) is 7.05 Å². The molecule has 1 aliphatic rings. The molecule has 5 heteroatoms. The summed E-state index contributed by atoms with van der Waals surface area (Å²) >= 11 is 1.74. The first-order chi connectivity index (χ1) is 7.00. The van der Waals surface area contributed by atoms with E-state index in [4.69, 9.17) is 5.11 Å². The molecule has 1 N–H and O–H groups in total. The van der Waals surface area contributed by atoms with Crippen molar-refractivity contribution in [2.24, 2.45) is 7.05 Å². The first-order valence-electron chi connectivity index (χ1n) is 4.81. The van der Waals surface area contributed by atoms with Crippen molar-refractivity contribution in [3.8, 4) is 0 Å². The van der Waals surface area contributed by atoms with E-state index in [2.05, 4.69) is 6.92 Å². The molecule has 1 atom stereocenters. The summed E-state index contributed by atoms with van der Waals surface area (Å²) in [6.07, 6.45) is 1.90. The molecule has 1 unspecified atom stereocenters. The minimum atomic E-state index is -0.860. The van der Waals surface area contributed by atoms with E-state index in [-0.39, 0.29) is 0 Å². The highest BCUT2D eigenvalue weighted by Gasteiger charge is 2.28. The molecule has 1 aromatic rings. The summed E-state index contributed by atoms with van der Waals surface area (Å²) in [5, 5.41) is 9.64. The average Bonchev–Trinajstić information content (AvgIpc) is 2.40. The van der Waals surface area contributed by atoms with E-state index in [1.807, 2.05) is 18.1 Å². The largest absolute Gasteiger partial charge is 0.477 e. The number of nitrogens with zero attached hydrogens (tertiary/aromatic N) is 2. The summed E-state index contributed by atoms with van der Waals surface area (Å²) < 4.78 is 1.69. The number of aryl methyl sites for hydroxylation is 1. The summed E-state index contributed by atoms with van der Waals surface area (Å²) in [6.45, 7) is 3.04. The molecule has 15 heavy (non-hydrogen) atoms. The monoisotopic (exact) mass is 226 g/mol. The van der Waals surface area contributed by atoms with Gasteiger partial charge in [0.15, 0.2) is 5.69 Å². The highest BCUT2D eigenvalue weighted by Crippen LogP contribution is 2.40. The molecule has 1 aliphatic heterocycles. The van der Waals surface area contributed by atoms with Crippen molar-refractivity contribution in [3.63, 3.8) is 0 Å². The Kier molecular flexibility index (Phi) is 2.42. The standard InChI is InChI=1S/C10H14N2O2S/c1-6-4-11(2)8-7(15-6)5-12(3)9(8)10(13)14/h5-6H,4H2,1-3H3,(H,13,14). The van der Waals surface area contributed by atoms with Crippen LogP contribution in [0.25, 0.3) is 0 Å². The number of anilines is 1. The minimum absolute atomic E-state index is 0.381. The lowest BCUT2D eigenvalue weighted by molar-refractivity contribution is 0.0687. The smallest absolute Gasteiger partial charge is 0.354 e. The van der Waals surface area contributed by atoms with Crippen LogP contribution in [0.3, 0.4) is 0 Å². The SMILES string of the molecule is CC1CN(C)c2c(cn(C)c2C(=O)O)S1. The van der Waals surface area contributed by atoms with Crippen molar-refractivity contribution in [2.45, 2.75) is 17.1 Å². The Bertz CT molecular complexity index is 414. The van der Waals surface area contributed by atoms with Crippen molar-refractivity contribution >= 4 is 23.4 Å². The van der Waals surface area contributed by atoms with Crippen LogP contribution in [0.2, 0.25) is 0 Å². The predicted octanol–water partition coefficient (Wildman–Crippen LogP) is 1.65. The van der Waals surface area contributed by atoms with Crippen LogP contribution in [0.4, 0.5) is 5.69 Å². The maximum absolute atomic E-state index is 11.1. The van der Waals surface area contributed by atoms with Gasteiger partial charge in [0.2, 0.25) is 0 Å². The molecule has 0 amide bonds. The lowest BCUT2D eigenvalue weighted by Gasteiger charge is -2.29. The quantitative estimate of drug-likeness (QED) is 0.791. The Balaban J connectivity index is 2.56. The molecule has 2 rings (SSSR count). The summed E-state index contributed by atoms with van der Waals surface area (Å²) in [7, 11) is 3.72. The van der Waals surface area contributed by atoms with Crippen LogP contribution < -0.4 is 4.90 Å². The molecule has 0 aromatic carbocycles. The summed E-state index contributed by atoms with van der Waals surface area (Å²) in [4.78, 5) is 14.2. The van der Waals surface area contributed by atoms with Crippen LogP contribution in [0.5, 0.6) is 0 Å². The molecular formula is C10H14N2O2S. The molecule has 82 valence electrons. The van der Waals surface area contributed by atoms with Crippen molar-refractivity contribution in [1.29, 1.82) is 0 Å². The van der Waals surface area contributed by atoms with Gasteiger partial charge in [0.05, 0.1) is 5.69 Å². The highest BCUT2D eigenvalue weighted by atomic mass is 32.2. The lowest BCUT2D eigenvalue weighted by atomic mass is 10.3. The number of thioether (sulfide) groups is 1. The summed E-state index contributed by atoms with van der Waals surface area (Å²) in [5.41, 5.74) is 1.24. The highest BCUT2D eigenvalue weighted by molar-refractivity contribution is 8.00. The van der Waals surface area contributed by atoms with Gasteiger partial charge in [-0.3, -0.25) is 0 Å². The Labute approximate surface area is 92.9 Å². The Morgan fingerprint density at radius 1 is 1.60 bits per heavy atom. The fourth-order valence-electron chi connectivity index (χ4n) is 2.02. The van der Waals surface area contributed by atoms with Gasteiger partial charge in [-0.1, -0.05) is 6.92 Å². The number of rotatable bonds is 1. The zero-order valence-corrected chi connectivity index (χ0v) is 9.84. The molecule has 0 radical (unpaired) electrons. The van der Waals surface area contributed by atoms with Gasteiger partial charge >= 0.3 is 5.97 Å². The third-order valence-corrected chi connectivity index (χ3v) is 3.67. The van der Waals surface area contributed by atoms with Gasteiger partial charge in [-0.2, -0.15) is 0 Å². The molecular weight excluding hydrogens is 212 g/mol. The van der Waals surface area contributed by atoms with Crippen LogP contribution in [-0.4, -0.2) is 34.5 Å². The zero-order chi connectivity index (χ0) is 11.2. The topological polar surface area (TPSA) is 45.5 Å². The Morgan fingerprint density at radius 2 is 2.27 bits per heavy atom. The van der Waals surface area contributed by atoms with Gasteiger partial charge < -0.3 is 14.6 Å². The van der Waals surface area contributed by atoms with E-state index in [1.54, 1.807) is 23.4 Å². The number of aromatic nitrogens is 1. The van der Waals surface area contributed by atoms with Gasteiger partial charge in [-0.25, -0.2) is 4.79 Å². The Hall–Kier alpha value is -1.10. The van der Waals surface area contributed by atoms with Gasteiger partial charge in [-0.05, 0) is 0 Å². The van der Waals surface area contributed by atoms with Crippen LogP contribution >= 0.6 is 11.8 Å². The third-order valence-electron chi connectivity index (χ3n) is 2.56. The van der Waals surface area contributed by atoms with E-state index in [0.717, 1.165) is 17.1 Å². The molecule has 2 heterocycles. The average molecular weight is 226 g/mol. The first-order valence-corrected chi connectivity index (χ1v) is 5.69. The van der Waals surface area contributed by atoms with E-state index in [9.17, 15) is 4.79 Å². The maximum Gasteiger partial charge on any atom is 0.354 e. The third kappa shape index (κ3) is 1.61. The van der Waals surface area contributed by atoms with Gasteiger partial charge in [-0.15, -0.1) is 11.8 Å². The van der Waals surface area contributed by atoms with Crippen molar-refractivity contribution in [1.82, 2.24) is 4.57 Å². The van der Waals surface area contributed by atoms with Crippen LogP contribution in [0, 0.1) is 0 Å². The number of fused-ring (bicyclic) bond motifs is 1. The van der Waals surface area contributed by atoms with Gasteiger partial charge in [0.25, 0.3) is 0 Å². The van der Waals surface area contributed by atoms with Gasteiger partial charge in [0, 0.05) is 37.0 Å². The normalized spacial score (nSPS) is 20.2. The number of carboxylic acid groups (broad SMARTS) is 1. The second-order valence-corrected chi connectivity index (χ2v) is 5.40. The van der Waals surface area contributed by atoms with Crippen LogP contribution in [0.1, 0.15) is 17.4 Å². The fourth-order valence-corrected chi connectivity index (χ4v) is 3.34. The minimum Gasteiger partial charge on any atom is -0.477 e. The second kappa shape index (κ2) is 3.48.